The zero-order valence-electron chi connectivity index (χ0n) is 15.1. The summed E-state index contributed by atoms with van der Waals surface area (Å²) in [6, 6.07) is 20.0. The zero-order chi connectivity index (χ0) is 18.8. The van der Waals surface area contributed by atoms with Crippen LogP contribution in [0.15, 0.2) is 66.9 Å². The van der Waals surface area contributed by atoms with Crippen LogP contribution in [-0.2, 0) is 0 Å². The molecular weight excluding hydrogens is 338 g/mol. The fraction of sp³-hybridized carbons (Fsp3) is 0.227. The standard InChI is InChI=1S/C22H23N3O2/c23-22(27)17-14-21(16-6-2-1-3-7-16)25(15-17)20-9-5-4-8-19(20)24-12-10-18(26)11-13-24/h1-9,14-15,18,26H,10-13H2,(H2,23,27). The molecule has 138 valence electrons. The molecule has 0 aliphatic carbocycles. The average molecular weight is 361 g/mol. The Bertz CT molecular complexity index is 941. The number of rotatable bonds is 4. The smallest absolute Gasteiger partial charge is 0.250 e. The van der Waals surface area contributed by atoms with E-state index in [9.17, 15) is 9.90 Å². The average Bonchev–Trinajstić information content (AvgIpc) is 3.15. The maximum absolute atomic E-state index is 11.8. The Labute approximate surface area is 158 Å². The van der Waals surface area contributed by atoms with Gasteiger partial charge in [-0.3, -0.25) is 4.79 Å². The first kappa shape index (κ1) is 17.4. The summed E-state index contributed by atoms with van der Waals surface area (Å²) in [4.78, 5) is 14.1. The third kappa shape index (κ3) is 3.46. The number of aliphatic hydroxyl groups is 1. The van der Waals surface area contributed by atoms with E-state index in [1.165, 1.54) is 0 Å². The second-order valence-electron chi connectivity index (χ2n) is 6.92. The lowest BCUT2D eigenvalue weighted by Crippen LogP contribution is -2.36. The van der Waals surface area contributed by atoms with E-state index in [-0.39, 0.29) is 6.10 Å². The van der Waals surface area contributed by atoms with Crippen LogP contribution in [0.5, 0.6) is 0 Å². The number of nitrogens with two attached hydrogens (primary N) is 1. The molecule has 1 amide bonds. The second-order valence-corrected chi connectivity index (χ2v) is 6.92. The Balaban J connectivity index is 1.83. The minimum atomic E-state index is -0.440. The highest BCUT2D eigenvalue weighted by Crippen LogP contribution is 2.32. The molecule has 1 aliphatic rings. The Morgan fingerprint density at radius 2 is 1.59 bits per heavy atom. The van der Waals surface area contributed by atoms with E-state index >= 15 is 0 Å². The molecule has 3 aromatic rings. The van der Waals surface area contributed by atoms with Gasteiger partial charge in [0.05, 0.1) is 28.7 Å². The predicted octanol–water partition coefficient (Wildman–Crippen LogP) is 3.20. The minimum Gasteiger partial charge on any atom is -0.393 e. The van der Waals surface area contributed by atoms with Crippen molar-refractivity contribution in [3.8, 4) is 16.9 Å². The summed E-state index contributed by atoms with van der Waals surface area (Å²) in [6.07, 6.45) is 3.11. The number of amides is 1. The molecule has 5 nitrogen and oxygen atoms in total. The Hall–Kier alpha value is -3.05. The lowest BCUT2D eigenvalue weighted by atomic mass is 10.1. The molecule has 5 heteroatoms. The number of benzene rings is 2. The number of carbonyl (C=O) groups is 1. The van der Waals surface area contributed by atoms with Gasteiger partial charge in [0, 0.05) is 19.3 Å². The van der Waals surface area contributed by atoms with E-state index in [1.807, 2.05) is 59.3 Å². The molecule has 0 spiro atoms. The van der Waals surface area contributed by atoms with E-state index in [0.717, 1.165) is 48.6 Å². The fourth-order valence-electron chi connectivity index (χ4n) is 3.67. The molecule has 2 aromatic carbocycles. The lowest BCUT2D eigenvalue weighted by molar-refractivity contribution is 0.100. The van der Waals surface area contributed by atoms with Crippen LogP contribution in [0.1, 0.15) is 23.2 Å². The van der Waals surface area contributed by atoms with Crippen LogP contribution >= 0.6 is 0 Å². The number of aromatic nitrogens is 1. The van der Waals surface area contributed by atoms with Crippen molar-refractivity contribution >= 4 is 11.6 Å². The number of nitrogens with zero attached hydrogens (tertiary/aromatic N) is 2. The summed E-state index contributed by atoms with van der Waals surface area (Å²) in [5, 5.41) is 9.83. The number of hydrogen-bond donors (Lipinski definition) is 2. The molecule has 0 bridgehead atoms. The van der Waals surface area contributed by atoms with Crippen LogP contribution in [0.2, 0.25) is 0 Å². The van der Waals surface area contributed by atoms with Gasteiger partial charge in [0.1, 0.15) is 0 Å². The summed E-state index contributed by atoms with van der Waals surface area (Å²) in [6.45, 7) is 1.62. The van der Waals surface area contributed by atoms with Gasteiger partial charge in [-0.1, -0.05) is 42.5 Å². The SMILES string of the molecule is NC(=O)c1cc(-c2ccccc2)n(-c2ccccc2N2CCC(O)CC2)c1. The van der Waals surface area contributed by atoms with Crippen LogP contribution in [-0.4, -0.2) is 34.8 Å². The van der Waals surface area contributed by atoms with Gasteiger partial charge in [-0.15, -0.1) is 0 Å². The number of anilines is 1. The first-order valence-electron chi connectivity index (χ1n) is 9.23. The highest BCUT2D eigenvalue weighted by Gasteiger charge is 2.21. The molecule has 1 saturated heterocycles. The number of para-hydroxylation sites is 2. The van der Waals surface area contributed by atoms with Crippen LogP contribution in [0.3, 0.4) is 0 Å². The summed E-state index contributed by atoms with van der Waals surface area (Å²) in [5.41, 5.74) is 10.1. The van der Waals surface area contributed by atoms with E-state index in [0.29, 0.717) is 5.56 Å². The lowest BCUT2D eigenvalue weighted by Gasteiger charge is -2.33. The molecular formula is C22H23N3O2. The van der Waals surface area contributed by atoms with Gasteiger partial charge in [0.25, 0.3) is 0 Å². The van der Waals surface area contributed by atoms with E-state index in [4.69, 9.17) is 5.73 Å². The van der Waals surface area contributed by atoms with Gasteiger partial charge >= 0.3 is 0 Å². The van der Waals surface area contributed by atoms with Gasteiger partial charge in [0.15, 0.2) is 0 Å². The molecule has 3 N–H and O–H groups in total. The predicted molar refractivity (Wildman–Crippen MR) is 107 cm³/mol. The number of aliphatic hydroxyl groups excluding tert-OH is 1. The first-order chi connectivity index (χ1) is 13.1. The summed E-state index contributed by atoms with van der Waals surface area (Å²) in [7, 11) is 0. The largest absolute Gasteiger partial charge is 0.393 e. The summed E-state index contributed by atoms with van der Waals surface area (Å²) >= 11 is 0. The number of piperidine rings is 1. The third-order valence-electron chi connectivity index (χ3n) is 5.12. The van der Waals surface area contributed by atoms with Gasteiger partial charge in [-0.05, 0) is 36.6 Å². The van der Waals surface area contributed by atoms with Crippen LogP contribution < -0.4 is 10.6 Å². The molecule has 0 radical (unpaired) electrons. The van der Waals surface area contributed by atoms with Gasteiger partial charge in [-0.2, -0.15) is 0 Å². The second kappa shape index (κ2) is 7.29. The minimum absolute atomic E-state index is 0.221. The van der Waals surface area contributed by atoms with Crippen molar-refractivity contribution in [1.82, 2.24) is 4.57 Å². The van der Waals surface area contributed by atoms with Gasteiger partial charge in [-0.25, -0.2) is 0 Å². The van der Waals surface area contributed by atoms with Crippen molar-refractivity contribution in [1.29, 1.82) is 0 Å². The quantitative estimate of drug-likeness (QED) is 0.750. The van der Waals surface area contributed by atoms with Crippen molar-refractivity contribution in [2.24, 2.45) is 5.73 Å². The Morgan fingerprint density at radius 3 is 2.26 bits per heavy atom. The van der Waals surface area contributed by atoms with Crippen molar-refractivity contribution in [2.45, 2.75) is 18.9 Å². The molecule has 0 atom stereocenters. The van der Waals surface area contributed by atoms with Crippen LogP contribution in [0.25, 0.3) is 16.9 Å². The van der Waals surface area contributed by atoms with Crippen LogP contribution in [0.4, 0.5) is 5.69 Å². The molecule has 0 unspecified atom stereocenters. The molecule has 1 aromatic heterocycles. The van der Waals surface area contributed by atoms with E-state index in [1.54, 1.807) is 0 Å². The number of primary amides is 1. The normalized spacial score (nSPS) is 15.1. The highest BCUT2D eigenvalue weighted by molar-refractivity contribution is 5.94. The number of carbonyl (C=O) groups excluding carboxylic acids is 1. The van der Waals surface area contributed by atoms with Crippen molar-refractivity contribution in [3.63, 3.8) is 0 Å². The monoisotopic (exact) mass is 361 g/mol. The summed E-state index contributed by atoms with van der Waals surface area (Å²) in [5.74, 6) is -0.440. The van der Waals surface area contributed by atoms with Gasteiger partial charge < -0.3 is 20.3 Å². The molecule has 4 rings (SSSR count). The Morgan fingerprint density at radius 1 is 0.963 bits per heavy atom. The molecule has 1 aliphatic heterocycles. The van der Waals surface area contributed by atoms with Crippen LogP contribution in [0, 0.1) is 0 Å². The highest BCUT2D eigenvalue weighted by atomic mass is 16.3. The van der Waals surface area contributed by atoms with E-state index in [2.05, 4.69) is 17.0 Å². The topological polar surface area (TPSA) is 71.5 Å². The maximum atomic E-state index is 11.8. The molecule has 2 heterocycles. The first-order valence-corrected chi connectivity index (χ1v) is 9.23. The third-order valence-corrected chi connectivity index (χ3v) is 5.12. The maximum Gasteiger partial charge on any atom is 0.250 e. The van der Waals surface area contributed by atoms with Crippen molar-refractivity contribution in [2.75, 3.05) is 18.0 Å². The van der Waals surface area contributed by atoms with Crippen molar-refractivity contribution in [3.05, 3.63) is 72.4 Å². The molecule has 1 fully saturated rings. The Kier molecular flexibility index (Phi) is 4.69. The van der Waals surface area contributed by atoms with Crippen molar-refractivity contribution < 1.29 is 9.90 Å². The van der Waals surface area contributed by atoms with E-state index < -0.39 is 5.91 Å². The molecule has 0 saturated carbocycles. The van der Waals surface area contributed by atoms with Gasteiger partial charge in [0.2, 0.25) is 5.91 Å². The number of hydrogen-bond acceptors (Lipinski definition) is 3. The summed E-state index contributed by atoms with van der Waals surface area (Å²) < 4.78 is 2.04. The molecule has 27 heavy (non-hydrogen) atoms. The zero-order valence-corrected chi connectivity index (χ0v) is 15.1. The fourth-order valence-corrected chi connectivity index (χ4v) is 3.67.